The Kier molecular flexibility index (Phi) is 7.07. The summed E-state index contributed by atoms with van der Waals surface area (Å²) < 4.78 is 2.27. The summed E-state index contributed by atoms with van der Waals surface area (Å²) in [6, 6.07) is 28.5. The number of hydrogen-bond acceptors (Lipinski definition) is 6. The van der Waals surface area contributed by atoms with Crippen molar-refractivity contribution in [1.82, 2.24) is 4.57 Å². The number of anilines is 2. The van der Waals surface area contributed by atoms with Crippen LogP contribution < -0.4 is 15.1 Å². The summed E-state index contributed by atoms with van der Waals surface area (Å²) >= 11 is 5.79. The number of carbonyl (C=O) groups excluding carboxylic acids is 3. The van der Waals surface area contributed by atoms with Gasteiger partial charge in [-0.25, -0.2) is 4.90 Å². The summed E-state index contributed by atoms with van der Waals surface area (Å²) in [4.78, 5) is 56.2. The third-order valence-corrected chi connectivity index (χ3v) is 11.0. The minimum atomic E-state index is -0.742. The molecule has 7 rings (SSSR count). The van der Waals surface area contributed by atoms with Crippen molar-refractivity contribution in [3.05, 3.63) is 121 Å². The number of amides is 3. The monoisotopic (exact) mass is 669 g/mol. The van der Waals surface area contributed by atoms with E-state index in [-0.39, 0.29) is 29.1 Å². The van der Waals surface area contributed by atoms with Gasteiger partial charge >= 0.3 is 4.87 Å². The van der Waals surface area contributed by atoms with Gasteiger partial charge in [0.2, 0.25) is 17.7 Å². The zero-order valence-electron chi connectivity index (χ0n) is 22.8. The molecule has 214 valence electrons. The van der Waals surface area contributed by atoms with Crippen LogP contribution in [-0.4, -0.2) is 27.5 Å². The molecule has 0 saturated carbocycles. The van der Waals surface area contributed by atoms with E-state index in [1.54, 1.807) is 12.1 Å². The van der Waals surface area contributed by atoms with Crippen molar-refractivity contribution in [1.29, 1.82) is 0 Å². The third kappa shape index (κ3) is 4.93. The van der Waals surface area contributed by atoms with Gasteiger partial charge in [0.1, 0.15) is 11.8 Å². The molecule has 1 saturated heterocycles. The third-order valence-electron chi connectivity index (χ3n) is 7.88. The molecule has 3 heterocycles. The highest BCUT2D eigenvalue weighted by atomic mass is 79.9. The van der Waals surface area contributed by atoms with Crippen molar-refractivity contribution in [3.63, 3.8) is 0 Å². The first-order chi connectivity index (χ1) is 20.8. The highest BCUT2D eigenvalue weighted by Gasteiger charge is 2.56. The van der Waals surface area contributed by atoms with Gasteiger partial charge in [-0.05, 0) is 59.7 Å². The van der Waals surface area contributed by atoms with Gasteiger partial charge in [0.25, 0.3) is 0 Å². The predicted octanol–water partition coefficient (Wildman–Crippen LogP) is 6.57. The summed E-state index contributed by atoms with van der Waals surface area (Å²) in [7, 11) is 0. The number of rotatable bonds is 5. The minimum absolute atomic E-state index is 0.211. The van der Waals surface area contributed by atoms with E-state index in [1.165, 1.54) is 21.2 Å². The van der Waals surface area contributed by atoms with Crippen LogP contribution in [0.5, 0.6) is 0 Å². The van der Waals surface area contributed by atoms with Gasteiger partial charge in [-0.1, -0.05) is 99.2 Å². The normalized spacial score (nSPS) is 19.4. The maximum Gasteiger partial charge on any atom is 0.308 e. The van der Waals surface area contributed by atoms with E-state index >= 15 is 0 Å². The van der Waals surface area contributed by atoms with E-state index in [0.717, 1.165) is 37.7 Å². The van der Waals surface area contributed by atoms with Crippen LogP contribution in [-0.2, 0) is 20.9 Å². The molecule has 3 atom stereocenters. The van der Waals surface area contributed by atoms with Crippen molar-refractivity contribution >= 4 is 78.9 Å². The molecule has 0 bridgehead atoms. The lowest BCUT2D eigenvalue weighted by Crippen LogP contribution is -2.33. The number of aromatic nitrogens is 1. The Morgan fingerprint density at radius 1 is 0.884 bits per heavy atom. The van der Waals surface area contributed by atoms with Crippen LogP contribution in [0.1, 0.15) is 21.9 Å². The summed E-state index contributed by atoms with van der Waals surface area (Å²) in [5, 5.41) is 4.78. The first-order valence-corrected chi connectivity index (χ1v) is 16.2. The van der Waals surface area contributed by atoms with Crippen LogP contribution in [0.15, 0.2) is 105 Å². The number of nitrogens with zero attached hydrogens (tertiary/aromatic N) is 2. The van der Waals surface area contributed by atoms with Gasteiger partial charge in [0.05, 0.1) is 16.6 Å². The molecular formula is C33H24BrN3O4S2. The largest absolute Gasteiger partial charge is 0.325 e. The minimum Gasteiger partial charge on any atom is -0.325 e. The second-order valence-electron chi connectivity index (χ2n) is 10.7. The summed E-state index contributed by atoms with van der Waals surface area (Å²) in [5.74, 6) is -2.18. The van der Waals surface area contributed by atoms with E-state index in [9.17, 15) is 19.2 Å². The fourth-order valence-corrected chi connectivity index (χ4v) is 9.06. The number of imide groups is 1. The molecule has 0 radical (unpaired) electrons. The number of benzene rings is 4. The second-order valence-corrected chi connectivity index (χ2v) is 13.7. The number of nitrogens with one attached hydrogen (secondary N) is 1. The number of halogens is 1. The second kappa shape index (κ2) is 10.9. The predicted molar refractivity (Wildman–Crippen MR) is 174 cm³/mol. The molecule has 2 aliphatic rings. The van der Waals surface area contributed by atoms with Crippen LogP contribution in [0, 0.1) is 12.8 Å². The number of thioether (sulfide) groups is 1. The smallest absolute Gasteiger partial charge is 0.308 e. The Bertz CT molecular complexity index is 2000. The first-order valence-electron chi connectivity index (χ1n) is 13.7. The molecule has 4 aromatic carbocycles. The van der Waals surface area contributed by atoms with Crippen molar-refractivity contribution in [3.8, 4) is 0 Å². The highest BCUT2D eigenvalue weighted by Crippen LogP contribution is 2.54. The number of fused-ring (bicyclic) bond motifs is 3. The number of hydrogen-bond donors (Lipinski definition) is 1. The van der Waals surface area contributed by atoms with Crippen molar-refractivity contribution in [2.24, 2.45) is 5.92 Å². The molecule has 5 aromatic rings. The van der Waals surface area contributed by atoms with Crippen LogP contribution in [0.25, 0.3) is 10.8 Å². The molecule has 1 fully saturated rings. The molecule has 7 nitrogen and oxygen atoms in total. The van der Waals surface area contributed by atoms with E-state index in [2.05, 4.69) is 21.2 Å². The van der Waals surface area contributed by atoms with E-state index in [1.807, 2.05) is 85.8 Å². The Balaban J connectivity index is 1.26. The van der Waals surface area contributed by atoms with Crippen LogP contribution in [0.2, 0.25) is 0 Å². The van der Waals surface area contributed by atoms with Crippen LogP contribution in [0.3, 0.4) is 0 Å². The SMILES string of the molecule is Cc1ccc(N2C(=O)C3Sc4c(sc(=O)n4CC(=O)Nc4ccc5ccccc5c4)[C@H](c4cccc(Br)c4)C3C2=O)cc1. The lowest BCUT2D eigenvalue weighted by molar-refractivity contribution is -0.122. The molecular weight excluding hydrogens is 646 g/mol. The highest BCUT2D eigenvalue weighted by molar-refractivity contribution is 9.10. The molecule has 3 amide bonds. The number of carbonyl (C=O) groups is 3. The van der Waals surface area contributed by atoms with Crippen molar-refractivity contribution in [2.45, 2.75) is 29.7 Å². The van der Waals surface area contributed by atoms with Crippen LogP contribution in [0.4, 0.5) is 11.4 Å². The average Bonchev–Trinajstić information content (AvgIpc) is 3.43. The quantitative estimate of drug-likeness (QED) is 0.214. The van der Waals surface area contributed by atoms with Crippen LogP contribution >= 0.6 is 39.0 Å². The number of thiazole rings is 1. The fraction of sp³-hybridized carbons (Fsp3) is 0.152. The molecule has 2 unspecified atom stereocenters. The van der Waals surface area contributed by atoms with Gasteiger partial charge in [0.15, 0.2) is 0 Å². The Morgan fingerprint density at radius 3 is 2.42 bits per heavy atom. The van der Waals surface area contributed by atoms with Crippen molar-refractivity contribution in [2.75, 3.05) is 10.2 Å². The molecule has 0 aliphatic carbocycles. The Hall–Kier alpha value is -3.99. The zero-order valence-corrected chi connectivity index (χ0v) is 26.0. The standard InChI is InChI=1S/C33H24BrN3O4S2/c1-18-9-13-24(14-10-18)37-30(39)27-26(21-7-4-8-22(34)15-21)29-32(42-28(27)31(37)40)36(33(41)43-29)17-25(38)35-23-12-11-19-5-2-3-6-20(19)16-23/h2-16,26-28H,17H2,1H3,(H,35,38)/t26-,27?,28?/m1/s1. The average molecular weight is 671 g/mol. The molecule has 0 spiro atoms. The van der Waals surface area contributed by atoms with Gasteiger partial charge in [-0.2, -0.15) is 0 Å². The zero-order chi connectivity index (χ0) is 29.8. The van der Waals surface area contributed by atoms with E-state index in [4.69, 9.17) is 0 Å². The van der Waals surface area contributed by atoms with E-state index in [0.29, 0.717) is 21.3 Å². The van der Waals surface area contributed by atoms with E-state index < -0.39 is 17.1 Å². The molecule has 43 heavy (non-hydrogen) atoms. The molecule has 1 N–H and O–H groups in total. The molecule has 2 aliphatic heterocycles. The maximum absolute atomic E-state index is 14.0. The Labute approximate surface area is 263 Å². The fourth-order valence-electron chi connectivity index (χ4n) is 5.87. The summed E-state index contributed by atoms with van der Waals surface area (Å²) in [6.45, 7) is 1.74. The molecule has 1 aromatic heterocycles. The Morgan fingerprint density at radius 2 is 1.65 bits per heavy atom. The van der Waals surface area contributed by atoms with Gasteiger partial charge in [0, 0.05) is 21.0 Å². The van der Waals surface area contributed by atoms with Gasteiger partial charge in [-0.15, -0.1) is 0 Å². The molecule has 10 heteroatoms. The summed E-state index contributed by atoms with van der Waals surface area (Å²) in [6.07, 6.45) is 0. The summed E-state index contributed by atoms with van der Waals surface area (Å²) in [5.41, 5.74) is 3.01. The number of aryl methyl sites for hydroxylation is 1. The first kappa shape index (κ1) is 27.8. The van der Waals surface area contributed by atoms with Gasteiger partial charge < -0.3 is 5.32 Å². The topological polar surface area (TPSA) is 88.5 Å². The van der Waals surface area contributed by atoms with Crippen molar-refractivity contribution < 1.29 is 14.4 Å². The van der Waals surface area contributed by atoms with Gasteiger partial charge in [-0.3, -0.25) is 23.7 Å². The maximum atomic E-state index is 14.0. The lowest BCUT2D eigenvalue weighted by Gasteiger charge is -2.30. The lowest BCUT2D eigenvalue weighted by atomic mass is 9.83.